The summed E-state index contributed by atoms with van der Waals surface area (Å²) in [5, 5.41) is 3.92. The van der Waals surface area contributed by atoms with Crippen molar-refractivity contribution in [1.29, 1.82) is 0 Å². The first-order valence-corrected chi connectivity index (χ1v) is 15.8. The van der Waals surface area contributed by atoms with Gasteiger partial charge in [-0.1, -0.05) is 84.4 Å². The van der Waals surface area contributed by atoms with Gasteiger partial charge < -0.3 is 5.32 Å². The lowest BCUT2D eigenvalue weighted by molar-refractivity contribution is 0.468. The van der Waals surface area contributed by atoms with Crippen molar-refractivity contribution in [2.45, 2.75) is 51.0 Å². The molecule has 3 heteroatoms. The van der Waals surface area contributed by atoms with Crippen molar-refractivity contribution >= 4 is 30.0 Å². The second-order valence-electron chi connectivity index (χ2n) is 12.1. The Morgan fingerprint density at radius 2 is 1.72 bits per heavy atom. The van der Waals surface area contributed by atoms with Crippen LogP contribution in [0.25, 0.3) is 27.8 Å². The summed E-state index contributed by atoms with van der Waals surface area (Å²) in [5.41, 5.74) is 14.3. The SMILES string of the molecule is [B]c1cc(C2=CC(C3C=CC=CC3)NC(C3C=CCCC3)=C2)cc(-c2cc(C3=C=CCC=C3)nc(C3=CCCC=C3)c2)c1. The fourth-order valence-corrected chi connectivity index (χ4v) is 6.65. The molecule has 0 fully saturated rings. The van der Waals surface area contributed by atoms with E-state index < -0.39 is 0 Å². The van der Waals surface area contributed by atoms with Crippen molar-refractivity contribution in [1.82, 2.24) is 10.3 Å². The minimum Gasteiger partial charge on any atom is -0.381 e. The van der Waals surface area contributed by atoms with Crippen LogP contribution in [0.1, 0.15) is 61.9 Å². The van der Waals surface area contributed by atoms with Crippen LogP contribution in [0.3, 0.4) is 0 Å². The molecular formula is C40H37BN2. The molecule has 0 spiro atoms. The van der Waals surface area contributed by atoms with E-state index in [-0.39, 0.29) is 6.04 Å². The maximum Gasteiger partial charge on any atom is 0.113 e. The number of rotatable bonds is 6. The van der Waals surface area contributed by atoms with E-state index in [4.69, 9.17) is 12.8 Å². The molecule has 1 N–H and O–H groups in total. The summed E-state index contributed by atoms with van der Waals surface area (Å²) in [5.74, 6) is 0.847. The van der Waals surface area contributed by atoms with E-state index in [1.807, 2.05) is 0 Å². The predicted molar refractivity (Wildman–Crippen MR) is 183 cm³/mol. The van der Waals surface area contributed by atoms with E-state index in [2.05, 4.69) is 126 Å². The Morgan fingerprint density at radius 3 is 2.51 bits per heavy atom. The fourth-order valence-electron chi connectivity index (χ4n) is 6.65. The van der Waals surface area contributed by atoms with Crippen molar-refractivity contribution in [2.75, 3.05) is 0 Å². The van der Waals surface area contributed by atoms with E-state index in [1.165, 1.54) is 36.1 Å². The van der Waals surface area contributed by atoms with Crippen LogP contribution in [0.15, 0.2) is 127 Å². The highest BCUT2D eigenvalue weighted by Gasteiger charge is 2.26. The molecule has 0 saturated carbocycles. The summed E-state index contributed by atoms with van der Waals surface area (Å²) < 4.78 is 0. The Bertz CT molecular complexity index is 1730. The van der Waals surface area contributed by atoms with Gasteiger partial charge in [-0.25, -0.2) is 4.98 Å². The third-order valence-corrected chi connectivity index (χ3v) is 8.94. The summed E-state index contributed by atoms with van der Waals surface area (Å²) in [6.45, 7) is 0. The highest BCUT2D eigenvalue weighted by atomic mass is 14.9. The minimum atomic E-state index is 0.234. The van der Waals surface area contributed by atoms with Crippen molar-refractivity contribution in [3.05, 3.63) is 144 Å². The second kappa shape index (κ2) is 12.5. The molecule has 3 atom stereocenters. The average Bonchev–Trinajstić information content (AvgIpc) is 3.09. The van der Waals surface area contributed by atoms with Gasteiger partial charge in [0.2, 0.25) is 0 Å². The monoisotopic (exact) mass is 556 g/mol. The summed E-state index contributed by atoms with van der Waals surface area (Å²) in [7, 11) is 6.65. The molecule has 0 amide bonds. The van der Waals surface area contributed by atoms with E-state index in [0.717, 1.165) is 64.8 Å². The first-order valence-electron chi connectivity index (χ1n) is 15.8. The quantitative estimate of drug-likeness (QED) is 0.219. The largest absolute Gasteiger partial charge is 0.381 e. The molecule has 5 aliphatic rings. The van der Waals surface area contributed by atoms with Gasteiger partial charge in [0.25, 0.3) is 0 Å². The summed E-state index contributed by atoms with van der Waals surface area (Å²) in [4.78, 5) is 5.10. The highest BCUT2D eigenvalue weighted by Crippen LogP contribution is 2.35. The van der Waals surface area contributed by atoms with Gasteiger partial charge >= 0.3 is 0 Å². The maximum atomic E-state index is 6.65. The van der Waals surface area contributed by atoms with Crippen LogP contribution in [0, 0.1) is 11.8 Å². The molecule has 210 valence electrons. The third-order valence-electron chi connectivity index (χ3n) is 8.94. The smallest absolute Gasteiger partial charge is 0.113 e. The summed E-state index contributed by atoms with van der Waals surface area (Å²) in [6.07, 6.45) is 39.2. The molecule has 4 aliphatic carbocycles. The van der Waals surface area contributed by atoms with E-state index in [1.54, 1.807) is 0 Å². The first-order chi connectivity index (χ1) is 21.2. The topological polar surface area (TPSA) is 24.9 Å². The van der Waals surface area contributed by atoms with Crippen molar-refractivity contribution in [3.8, 4) is 11.1 Å². The van der Waals surface area contributed by atoms with Gasteiger partial charge in [0.1, 0.15) is 7.85 Å². The Morgan fingerprint density at radius 1 is 0.814 bits per heavy atom. The van der Waals surface area contributed by atoms with Gasteiger partial charge in [0.15, 0.2) is 0 Å². The van der Waals surface area contributed by atoms with Crippen LogP contribution < -0.4 is 10.8 Å². The van der Waals surface area contributed by atoms with E-state index >= 15 is 0 Å². The van der Waals surface area contributed by atoms with Crippen LogP contribution in [0.2, 0.25) is 0 Å². The molecule has 1 aromatic carbocycles. The summed E-state index contributed by atoms with van der Waals surface area (Å²) >= 11 is 0. The van der Waals surface area contributed by atoms with E-state index in [9.17, 15) is 0 Å². The molecule has 2 heterocycles. The Hall–Kier alpha value is -4.33. The number of aromatic nitrogens is 1. The second-order valence-corrected chi connectivity index (χ2v) is 12.1. The number of nitrogens with zero attached hydrogens (tertiary/aromatic N) is 1. The van der Waals surface area contributed by atoms with Crippen LogP contribution >= 0.6 is 0 Å². The third kappa shape index (κ3) is 6.24. The van der Waals surface area contributed by atoms with Gasteiger partial charge in [-0.15, -0.1) is 5.73 Å². The molecular weight excluding hydrogens is 519 g/mol. The molecule has 2 radical (unpaired) electrons. The maximum absolute atomic E-state index is 6.65. The molecule has 7 rings (SSSR count). The summed E-state index contributed by atoms with van der Waals surface area (Å²) in [6, 6.07) is 11.2. The first kappa shape index (κ1) is 27.5. The lowest BCUT2D eigenvalue weighted by atomic mass is 9.82. The number of benzene rings is 1. The zero-order valence-corrected chi connectivity index (χ0v) is 24.7. The van der Waals surface area contributed by atoms with Crippen LogP contribution in [0.4, 0.5) is 0 Å². The number of allylic oxidation sites excluding steroid dienone is 14. The van der Waals surface area contributed by atoms with Crippen LogP contribution in [0.5, 0.6) is 0 Å². The molecule has 0 bridgehead atoms. The van der Waals surface area contributed by atoms with Crippen molar-refractivity contribution < 1.29 is 0 Å². The number of nitrogens with one attached hydrogen (secondary N) is 1. The van der Waals surface area contributed by atoms with E-state index in [0.29, 0.717) is 11.8 Å². The number of pyridine rings is 1. The minimum absolute atomic E-state index is 0.234. The molecule has 0 saturated heterocycles. The average molecular weight is 557 g/mol. The molecule has 2 nitrogen and oxygen atoms in total. The van der Waals surface area contributed by atoms with Gasteiger partial charge in [0.05, 0.1) is 17.4 Å². The highest BCUT2D eigenvalue weighted by molar-refractivity contribution is 6.33. The Kier molecular flexibility index (Phi) is 7.99. The standard InChI is InChI=1S/C40H37BN2/c41-36-22-32(34-24-37(28-13-5-1-6-14-28)42-38(25-34)29-15-7-2-8-16-29)21-33(23-36)35-26-39(30-17-9-3-10-18-30)43-40(27-35)31-19-11-4-12-20-31/h1,5-7,9-11,13,15,17,19-29,37,42H,2-4,8,12,14,16H2. The molecule has 2 aromatic rings. The van der Waals surface area contributed by atoms with Gasteiger partial charge in [-0.3, -0.25) is 0 Å². The predicted octanol–water partition coefficient (Wildman–Crippen LogP) is 8.50. The zero-order chi connectivity index (χ0) is 29.0. The van der Waals surface area contributed by atoms with Crippen LogP contribution in [-0.4, -0.2) is 18.9 Å². The van der Waals surface area contributed by atoms with Gasteiger partial charge in [-0.2, -0.15) is 0 Å². The van der Waals surface area contributed by atoms with Crippen molar-refractivity contribution in [3.63, 3.8) is 0 Å². The van der Waals surface area contributed by atoms with Gasteiger partial charge in [0, 0.05) is 23.1 Å². The number of hydrogen-bond acceptors (Lipinski definition) is 2. The Balaban J connectivity index is 1.32. The lowest BCUT2D eigenvalue weighted by Crippen LogP contribution is -2.38. The van der Waals surface area contributed by atoms with Crippen LogP contribution in [-0.2, 0) is 0 Å². The zero-order valence-electron chi connectivity index (χ0n) is 24.7. The molecule has 1 aliphatic heterocycles. The molecule has 1 aromatic heterocycles. The number of dihydropyridines is 1. The lowest BCUT2D eigenvalue weighted by Gasteiger charge is -2.33. The molecule has 43 heavy (non-hydrogen) atoms. The molecule has 3 unspecified atom stereocenters. The Labute approximate surface area is 257 Å². The van der Waals surface area contributed by atoms with Gasteiger partial charge in [-0.05, 0) is 109 Å². The normalized spacial score (nSPS) is 24.2. The number of hydrogen-bond donors (Lipinski definition) is 1. The fraction of sp³-hybridized carbons (Fsp3) is 0.250. The van der Waals surface area contributed by atoms with Crippen molar-refractivity contribution in [2.24, 2.45) is 11.8 Å².